The minimum absolute atomic E-state index is 0.0972. The van der Waals surface area contributed by atoms with Crippen LogP contribution in [0.4, 0.5) is 8.78 Å². The van der Waals surface area contributed by atoms with Crippen molar-refractivity contribution in [1.29, 1.82) is 0 Å². The van der Waals surface area contributed by atoms with Gasteiger partial charge in [-0.3, -0.25) is 4.79 Å². The minimum atomic E-state index is -3.91. The highest BCUT2D eigenvalue weighted by atomic mass is 32.2. The number of primary sulfonamides is 1. The van der Waals surface area contributed by atoms with E-state index in [1.807, 2.05) is 0 Å². The Hall–Kier alpha value is -2.69. The number of rotatable bonds is 4. The Balaban J connectivity index is 2.23. The van der Waals surface area contributed by atoms with E-state index in [1.165, 1.54) is 18.2 Å². The molecule has 0 aliphatic rings. The van der Waals surface area contributed by atoms with Crippen LogP contribution in [-0.4, -0.2) is 18.9 Å². The standard InChI is InChI=1S/C17H13F2N3O3S2/c1-2-8-22-13-7-6-10(27(20,24)25)9-14(13)26-17(22)21-16(23)15-11(18)4-3-5-12(15)19/h2-7,9H,1,8H2,(H2,20,24,25). The molecule has 1 amide bonds. The van der Waals surface area contributed by atoms with Gasteiger partial charge in [-0.15, -0.1) is 6.58 Å². The fraction of sp³-hybridized carbons (Fsp3) is 0.0588. The van der Waals surface area contributed by atoms with E-state index in [9.17, 15) is 22.0 Å². The average molecular weight is 409 g/mol. The first-order valence-corrected chi connectivity index (χ1v) is 9.89. The molecule has 3 aromatic rings. The van der Waals surface area contributed by atoms with Crippen LogP contribution in [0.25, 0.3) is 10.2 Å². The Morgan fingerprint density at radius 2 is 1.93 bits per heavy atom. The van der Waals surface area contributed by atoms with Crippen LogP contribution in [0.2, 0.25) is 0 Å². The first kappa shape index (κ1) is 19.1. The Morgan fingerprint density at radius 3 is 2.52 bits per heavy atom. The van der Waals surface area contributed by atoms with E-state index >= 15 is 0 Å². The van der Waals surface area contributed by atoms with Gasteiger partial charge < -0.3 is 4.57 Å². The Morgan fingerprint density at radius 1 is 1.26 bits per heavy atom. The summed E-state index contributed by atoms with van der Waals surface area (Å²) in [5, 5.41) is 5.13. The van der Waals surface area contributed by atoms with Crippen LogP contribution in [0, 0.1) is 11.6 Å². The molecule has 3 rings (SSSR count). The van der Waals surface area contributed by atoms with Crippen molar-refractivity contribution in [3.05, 3.63) is 71.1 Å². The van der Waals surface area contributed by atoms with Crippen LogP contribution < -0.4 is 9.94 Å². The molecular formula is C17H13F2N3O3S2. The number of thiazole rings is 1. The van der Waals surface area contributed by atoms with E-state index in [1.54, 1.807) is 10.6 Å². The summed E-state index contributed by atoms with van der Waals surface area (Å²) < 4.78 is 52.8. The zero-order valence-corrected chi connectivity index (χ0v) is 15.4. The molecule has 6 nitrogen and oxygen atoms in total. The van der Waals surface area contributed by atoms with E-state index in [4.69, 9.17) is 5.14 Å². The van der Waals surface area contributed by atoms with Gasteiger partial charge in [0.05, 0.1) is 15.1 Å². The third kappa shape index (κ3) is 3.72. The highest BCUT2D eigenvalue weighted by Gasteiger charge is 2.18. The molecule has 0 saturated carbocycles. The fourth-order valence-electron chi connectivity index (χ4n) is 2.47. The highest BCUT2D eigenvalue weighted by Crippen LogP contribution is 2.22. The first-order chi connectivity index (χ1) is 12.7. The summed E-state index contributed by atoms with van der Waals surface area (Å²) in [6.45, 7) is 3.88. The van der Waals surface area contributed by atoms with Crippen molar-refractivity contribution in [2.75, 3.05) is 0 Å². The maximum atomic E-state index is 13.8. The van der Waals surface area contributed by atoms with E-state index in [0.717, 1.165) is 29.5 Å². The maximum absolute atomic E-state index is 13.8. The molecule has 0 spiro atoms. The fourth-order valence-corrected chi connectivity index (χ4v) is 4.16. The molecule has 0 aliphatic heterocycles. The second-order valence-corrected chi connectivity index (χ2v) is 8.04. The molecule has 27 heavy (non-hydrogen) atoms. The second kappa shape index (κ2) is 7.14. The molecule has 0 saturated heterocycles. The third-order valence-electron chi connectivity index (χ3n) is 3.67. The number of nitrogens with two attached hydrogens (primary N) is 1. The summed E-state index contributed by atoms with van der Waals surface area (Å²) in [7, 11) is -3.91. The van der Waals surface area contributed by atoms with Gasteiger partial charge in [-0.1, -0.05) is 23.5 Å². The van der Waals surface area contributed by atoms with Crippen LogP contribution in [0.15, 0.2) is 58.9 Å². The predicted molar refractivity (Wildman–Crippen MR) is 97.6 cm³/mol. The molecule has 2 aromatic carbocycles. The number of amides is 1. The van der Waals surface area contributed by atoms with Gasteiger partial charge >= 0.3 is 0 Å². The van der Waals surface area contributed by atoms with Gasteiger partial charge in [-0.2, -0.15) is 4.99 Å². The lowest BCUT2D eigenvalue weighted by molar-refractivity contribution is 0.0990. The lowest BCUT2D eigenvalue weighted by Crippen LogP contribution is -2.17. The van der Waals surface area contributed by atoms with Crippen LogP contribution in [0.5, 0.6) is 0 Å². The number of carbonyl (C=O) groups is 1. The number of allylic oxidation sites excluding steroid dienone is 1. The van der Waals surface area contributed by atoms with Gasteiger partial charge in [0.1, 0.15) is 17.2 Å². The monoisotopic (exact) mass is 409 g/mol. The van der Waals surface area contributed by atoms with Crippen molar-refractivity contribution in [2.24, 2.45) is 10.1 Å². The number of fused-ring (bicyclic) bond motifs is 1. The molecule has 1 aromatic heterocycles. The summed E-state index contributed by atoms with van der Waals surface area (Å²) in [6.07, 6.45) is 1.55. The first-order valence-electron chi connectivity index (χ1n) is 7.52. The normalized spacial score (nSPS) is 12.5. The predicted octanol–water partition coefficient (Wildman–Crippen LogP) is 2.56. The third-order valence-corrected chi connectivity index (χ3v) is 5.62. The summed E-state index contributed by atoms with van der Waals surface area (Å²) >= 11 is 0.992. The van der Waals surface area contributed by atoms with Gasteiger partial charge in [-0.05, 0) is 30.3 Å². The average Bonchev–Trinajstić information content (AvgIpc) is 2.91. The number of halogens is 2. The summed E-state index contributed by atoms with van der Waals surface area (Å²) in [5.74, 6) is -3.12. The van der Waals surface area contributed by atoms with Crippen molar-refractivity contribution >= 4 is 37.5 Å². The van der Waals surface area contributed by atoms with Crippen molar-refractivity contribution in [1.82, 2.24) is 4.57 Å². The second-order valence-electron chi connectivity index (χ2n) is 5.47. The Bertz CT molecular complexity index is 1220. The molecule has 140 valence electrons. The van der Waals surface area contributed by atoms with Gasteiger partial charge in [0.2, 0.25) is 10.0 Å². The smallest absolute Gasteiger partial charge is 0.285 e. The molecule has 0 fully saturated rings. The molecule has 10 heteroatoms. The van der Waals surface area contributed by atoms with E-state index in [-0.39, 0.29) is 16.2 Å². The number of hydrogen-bond acceptors (Lipinski definition) is 4. The van der Waals surface area contributed by atoms with Gasteiger partial charge in [0, 0.05) is 6.54 Å². The minimum Gasteiger partial charge on any atom is -0.312 e. The van der Waals surface area contributed by atoms with Crippen LogP contribution in [0.3, 0.4) is 0 Å². The number of benzene rings is 2. The van der Waals surface area contributed by atoms with Gasteiger partial charge in [-0.25, -0.2) is 22.3 Å². The number of carbonyl (C=O) groups excluding carboxylic acids is 1. The Kier molecular flexibility index (Phi) is 5.05. The zero-order valence-electron chi connectivity index (χ0n) is 13.7. The van der Waals surface area contributed by atoms with E-state index in [2.05, 4.69) is 11.6 Å². The van der Waals surface area contributed by atoms with Crippen LogP contribution in [0.1, 0.15) is 10.4 Å². The molecule has 0 radical (unpaired) electrons. The quantitative estimate of drug-likeness (QED) is 0.671. The molecule has 0 unspecified atom stereocenters. The SMILES string of the molecule is C=CCn1c(=NC(=O)c2c(F)cccc2F)sc2cc(S(N)(=O)=O)ccc21. The lowest BCUT2D eigenvalue weighted by atomic mass is 10.2. The van der Waals surface area contributed by atoms with Gasteiger partial charge in [0.15, 0.2) is 4.80 Å². The molecule has 0 bridgehead atoms. The summed E-state index contributed by atoms with van der Waals surface area (Å²) in [5.41, 5.74) is -0.182. The zero-order chi connectivity index (χ0) is 19.8. The van der Waals surface area contributed by atoms with Crippen molar-refractivity contribution in [2.45, 2.75) is 11.4 Å². The summed E-state index contributed by atoms with van der Waals surface area (Å²) in [4.78, 5) is 16.2. The van der Waals surface area contributed by atoms with Crippen molar-refractivity contribution in [3.63, 3.8) is 0 Å². The number of aromatic nitrogens is 1. The van der Waals surface area contributed by atoms with Crippen molar-refractivity contribution < 1.29 is 22.0 Å². The number of nitrogens with zero attached hydrogens (tertiary/aromatic N) is 2. The number of hydrogen-bond donors (Lipinski definition) is 1. The van der Waals surface area contributed by atoms with E-state index < -0.39 is 33.1 Å². The van der Waals surface area contributed by atoms with Gasteiger partial charge in [0.25, 0.3) is 5.91 Å². The van der Waals surface area contributed by atoms with E-state index in [0.29, 0.717) is 10.2 Å². The molecule has 0 atom stereocenters. The van der Waals surface area contributed by atoms with Crippen LogP contribution >= 0.6 is 11.3 Å². The molecular weight excluding hydrogens is 396 g/mol. The molecule has 1 heterocycles. The molecule has 2 N–H and O–H groups in total. The largest absolute Gasteiger partial charge is 0.312 e. The number of sulfonamides is 1. The molecule has 0 aliphatic carbocycles. The highest BCUT2D eigenvalue weighted by molar-refractivity contribution is 7.89. The van der Waals surface area contributed by atoms with Crippen molar-refractivity contribution in [3.8, 4) is 0 Å². The maximum Gasteiger partial charge on any atom is 0.285 e. The summed E-state index contributed by atoms with van der Waals surface area (Å²) in [6, 6.07) is 7.27. The lowest BCUT2D eigenvalue weighted by Gasteiger charge is -2.03. The Labute approximate surface area is 156 Å². The van der Waals surface area contributed by atoms with Crippen LogP contribution in [-0.2, 0) is 16.6 Å². The topological polar surface area (TPSA) is 94.5 Å².